The summed E-state index contributed by atoms with van der Waals surface area (Å²) in [5.74, 6) is -0.750. The Morgan fingerprint density at radius 2 is 1.89 bits per heavy atom. The number of oxime groups is 2. The Morgan fingerprint density at radius 1 is 1.20 bits per heavy atom. The van der Waals surface area contributed by atoms with Crippen LogP contribution in [0.2, 0.25) is 0 Å². The smallest absolute Gasteiger partial charge is 0.433 e. The predicted octanol–water partition coefficient (Wildman–Crippen LogP) is 2.64. The maximum absolute atomic E-state index is 13.0. The molecule has 2 aromatic rings. The van der Waals surface area contributed by atoms with Gasteiger partial charge in [-0.05, 0) is 44.7 Å². The fraction of sp³-hybridized carbons (Fsp3) is 0.381. The number of benzene rings is 1. The lowest BCUT2D eigenvalue weighted by Gasteiger charge is -2.10. The molecule has 1 aromatic carbocycles. The SMILES string of the molecule is CCOC(=O)ON=C(N)c1cnc(NC(=O)C(=NOC2CCCC2)c2ccc(S(C)(=O)=O)cc2)s1. The standard InChI is InChI=1S/C21H25N5O7S2/c1-3-31-21(28)33-26-18(22)16-12-23-20(34-16)24-19(27)17(25-32-14-6-4-5-7-14)13-8-10-15(11-9-13)35(2,29)30/h8-12,14H,3-7H2,1-2H3,(H2,22,26)(H,23,24,27). The van der Waals surface area contributed by atoms with Crippen LogP contribution in [0.15, 0.2) is 45.7 Å². The summed E-state index contributed by atoms with van der Waals surface area (Å²) in [6, 6.07) is 5.76. The summed E-state index contributed by atoms with van der Waals surface area (Å²) in [5.41, 5.74) is 6.11. The molecular formula is C21H25N5O7S2. The highest BCUT2D eigenvalue weighted by molar-refractivity contribution is 7.90. The third-order valence-corrected chi connectivity index (χ3v) is 6.89. The van der Waals surface area contributed by atoms with E-state index in [-0.39, 0.29) is 34.3 Å². The highest BCUT2D eigenvalue weighted by Crippen LogP contribution is 2.22. The summed E-state index contributed by atoms with van der Waals surface area (Å²) in [4.78, 5) is 38.9. The van der Waals surface area contributed by atoms with Crippen LogP contribution in [0.5, 0.6) is 0 Å². The molecule has 3 rings (SSSR count). The van der Waals surface area contributed by atoms with E-state index >= 15 is 0 Å². The molecule has 0 bridgehead atoms. The topological polar surface area (TPSA) is 172 Å². The van der Waals surface area contributed by atoms with Gasteiger partial charge < -0.3 is 15.3 Å². The minimum absolute atomic E-state index is 0.0408. The van der Waals surface area contributed by atoms with Crippen LogP contribution < -0.4 is 11.1 Å². The monoisotopic (exact) mass is 523 g/mol. The van der Waals surface area contributed by atoms with Crippen molar-refractivity contribution in [3.8, 4) is 0 Å². The van der Waals surface area contributed by atoms with Gasteiger partial charge in [0, 0.05) is 11.8 Å². The molecule has 0 saturated heterocycles. The second kappa shape index (κ2) is 11.8. The van der Waals surface area contributed by atoms with Crippen molar-refractivity contribution in [2.24, 2.45) is 16.0 Å². The molecular weight excluding hydrogens is 498 g/mol. The molecule has 0 atom stereocenters. The molecule has 1 amide bonds. The first-order chi connectivity index (χ1) is 16.7. The van der Waals surface area contributed by atoms with Gasteiger partial charge in [0.25, 0.3) is 5.91 Å². The molecule has 0 unspecified atom stereocenters. The van der Waals surface area contributed by atoms with Crippen molar-refractivity contribution >= 4 is 49.9 Å². The molecule has 0 radical (unpaired) electrons. The van der Waals surface area contributed by atoms with E-state index in [0.717, 1.165) is 43.3 Å². The number of nitrogens with one attached hydrogen (secondary N) is 1. The number of amides is 1. The third kappa shape index (κ3) is 7.48. The largest absolute Gasteiger partial charge is 0.535 e. The van der Waals surface area contributed by atoms with Crippen molar-refractivity contribution in [1.82, 2.24) is 4.98 Å². The van der Waals surface area contributed by atoms with Crippen molar-refractivity contribution in [3.63, 3.8) is 0 Å². The maximum Gasteiger partial charge on any atom is 0.535 e. The highest BCUT2D eigenvalue weighted by atomic mass is 32.2. The van der Waals surface area contributed by atoms with Crippen LogP contribution in [0, 0.1) is 0 Å². The second-order valence-electron chi connectivity index (χ2n) is 7.48. The Kier molecular flexibility index (Phi) is 8.76. The van der Waals surface area contributed by atoms with E-state index in [4.69, 9.17) is 10.6 Å². The van der Waals surface area contributed by atoms with Crippen LogP contribution in [0.4, 0.5) is 9.93 Å². The van der Waals surface area contributed by atoms with Crippen LogP contribution >= 0.6 is 11.3 Å². The van der Waals surface area contributed by atoms with Gasteiger partial charge in [0.15, 0.2) is 26.5 Å². The Morgan fingerprint density at radius 3 is 2.51 bits per heavy atom. The van der Waals surface area contributed by atoms with Crippen molar-refractivity contribution < 1.29 is 32.4 Å². The number of hydrogen-bond donors (Lipinski definition) is 2. The molecule has 1 heterocycles. The van der Waals surface area contributed by atoms with Crippen LogP contribution in [0.25, 0.3) is 0 Å². The molecule has 1 saturated carbocycles. The van der Waals surface area contributed by atoms with E-state index in [1.165, 1.54) is 30.5 Å². The maximum atomic E-state index is 13.0. The first kappa shape index (κ1) is 26.1. The predicted molar refractivity (Wildman–Crippen MR) is 129 cm³/mol. The number of amidine groups is 1. The number of rotatable bonds is 9. The summed E-state index contributed by atoms with van der Waals surface area (Å²) in [6.45, 7) is 1.74. The number of aromatic nitrogens is 1. The lowest BCUT2D eigenvalue weighted by molar-refractivity contribution is -0.110. The Balaban J connectivity index is 1.77. The van der Waals surface area contributed by atoms with Gasteiger partial charge in [-0.15, -0.1) is 0 Å². The first-order valence-corrected chi connectivity index (χ1v) is 13.4. The fourth-order valence-electron chi connectivity index (χ4n) is 3.09. The zero-order valence-corrected chi connectivity index (χ0v) is 20.7. The zero-order valence-electron chi connectivity index (χ0n) is 19.1. The number of carbonyl (C=O) groups excluding carboxylic acids is 2. The van der Waals surface area contributed by atoms with E-state index in [9.17, 15) is 18.0 Å². The summed E-state index contributed by atoms with van der Waals surface area (Å²) < 4.78 is 28.1. The molecule has 1 aliphatic rings. The number of nitrogens with two attached hydrogens (primary N) is 1. The van der Waals surface area contributed by atoms with E-state index in [1.807, 2.05) is 0 Å². The van der Waals surface area contributed by atoms with Crippen molar-refractivity contribution in [1.29, 1.82) is 0 Å². The van der Waals surface area contributed by atoms with Crippen LogP contribution in [-0.4, -0.2) is 56.0 Å². The molecule has 188 valence electrons. The second-order valence-corrected chi connectivity index (χ2v) is 10.5. The highest BCUT2D eigenvalue weighted by Gasteiger charge is 2.21. The molecule has 0 aliphatic heterocycles. The zero-order chi connectivity index (χ0) is 25.4. The van der Waals surface area contributed by atoms with Gasteiger partial charge in [-0.25, -0.2) is 18.2 Å². The van der Waals surface area contributed by atoms with E-state index in [1.54, 1.807) is 6.92 Å². The van der Waals surface area contributed by atoms with Gasteiger partial charge in [-0.2, -0.15) is 0 Å². The molecule has 1 fully saturated rings. The fourth-order valence-corrected chi connectivity index (χ4v) is 4.42. The third-order valence-electron chi connectivity index (χ3n) is 4.83. The quantitative estimate of drug-likeness (QED) is 0.165. The van der Waals surface area contributed by atoms with Crippen LogP contribution in [-0.2, 0) is 29.0 Å². The van der Waals surface area contributed by atoms with Crippen LogP contribution in [0.1, 0.15) is 43.0 Å². The Labute approximate surface area is 206 Å². The van der Waals surface area contributed by atoms with E-state index in [2.05, 4.69) is 30.2 Å². The van der Waals surface area contributed by atoms with E-state index < -0.39 is 21.9 Å². The molecule has 1 aromatic heterocycles. The molecule has 3 N–H and O–H groups in total. The first-order valence-electron chi connectivity index (χ1n) is 10.7. The number of hydrogen-bond acceptors (Lipinski definition) is 11. The lowest BCUT2D eigenvalue weighted by Crippen LogP contribution is -2.25. The number of sulfone groups is 1. The van der Waals surface area contributed by atoms with Crippen molar-refractivity contribution in [2.45, 2.75) is 43.6 Å². The molecule has 1 aliphatic carbocycles. The normalized spacial score (nSPS) is 15.0. The van der Waals surface area contributed by atoms with Gasteiger partial charge in [-0.3, -0.25) is 14.9 Å². The summed E-state index contributed by atoms with van der Waals surface area (Å²) in [5, 5.41) is 10.4. The summed E-state index contributed by atoms with van der Waals surface area (Å²) in [6.07, 6.45) is 5.08. The summed E-state index contributed by atoms with van der Waals surface area (Å²) in [7, 11) is -3.40. The Hall–Kier alpha value is -3.52. The number of carbonyl (C=O) groups is 2. The number of nitrogens with zero attached hydrogens (tertiary/aromatic N) is 3. The number of ether oxygens (including phenoxy) is 1. The molecule has 0 spiro atoms. The lowest BCUT2D eigenvalue weighted by atomic mass is 10.1. The number of anilines is 1. The number of thiazole rings is 1. The molecule has 35 heavy (non-hydrogen) atoms. The van der Waals surface area contributed by atoms with Gasteiger partial charge in [0.05, 0.1) is 22.6 Å². The molecule has 12 nitrogen and oxygen atoms in total. The Bertz CT molecular complexity index is 1220. The van der Waals surface area contributed by atoms with Gasteiger partial charge in [0.1, 0.15) is 6.10 Å². The van der Waals surface area contributed by atoms with Gasteiger partial charge >= 0.3 is 6.16 Å². The van der Waals surface area contributed by atoms with E-state index in [0.29, 0.717) is 10.4 Å². The van der Waals surface area contributed by atoms with Gasteiger partial charge in [0.2, 0.25) is 0 Å². The van der Waals surface area contributed by atoms with Gasteiger partial charge in [-0.1, -0.05) is 33.8 Å². The molecule has 14 heteroatoms. The van der Waals surface area contributed by atoms with Crippen molar-refractivity contribution in [3.05, 3.63) is 40.9 Å². The average molecular weight is 524 g/mol. The summed E-state index contributed by atoms with van der Waals surface area (Å²) >= 11 is 0.990. The average Bonchev–Trinajstić information content (AvgIpc) is 3.50. The minimum Gasteiger partial charge on any atom is -0.433 e. The van der Waals surface area contributed by atoms with Crippen LogP contribution in [0.3, 0.4) is 0 Å². The minimum atomic E-state index is -3.40. The van der Waals surface area contributed by atoms with Crippen molar-refractivity contribution in [2.75, 3.05) is 18.2 Å².